The van der Waals surface area contributed by atoms with E-state index in [1.54, 1.807) is 36.4 Å². The molecule has 17 heavy (non-hydrogen) atoms. The smallest absolute Gasteiger partial charge is 0.278 e. The standard InChI is InChI=1S/C12H10FN3O/c13-9-5-7-10(8-6-9)14-15-11-3-1-2-4-12(11)16-17/h1-8,14-15H/p+1. The van der Waals surface area contributed by atoms with Crippen LogP contribution in [0.3, 0.4) is 0 Å². The van der Waals surface area contributed by atoms with E-state index in [1.807, 2.05) is 5.18 Å². The van der Waals surface area contributed by atoms with Gasteiger partial charge in [0.05, 0.1) is 5.69 Å². The second kappa shape index (κ2) is 5.07. The third-order valence-corrected chi connectivity index (χ3v) is 2.22. The van der Waals surface area contributed by atoms with Crippen LogP contribution < -0.4 is 16.0 Å². The Morgan fingerprint density at radius 1 is 0.941 bits per heavy atom. The number of nitroso groups, excluding NO2 is 1. The Labute approximate surface area is 97.4 Å². The average Bonchev–Trinajstić information content (AvgIpc) is 2.38. The molecule has 2 aromatic carbocycles. The molecule has 0 bridgehead atoms. The third-order valence-electron chi connectivity index (χ3n) is 2.22. The fourth-order valence-corrected chi connectivity index (χ4v) is 1.35. The predicted octanol–water partition coefficient (Wildman–Crippen LogP) is 1.74. The van der Waals surface area contributed by atoms with Gasteiger partial charge in [-0.1, -0.05) is 12.1 Å². The maximum absolute atomic E-state index is 12.7. The summed E-state index contributed by atoms with van der Waals surface area (Å²) in [4.78, 5) is 10.6. The highest BCUT2D eigenvalue weighted by atomic mass is 19.1. The highest BCUT2D eigenvalue weighted by Crippen LogP contribution is 2.16. The van der Waals surface area contributed by atoms with Crippen LogP contribution in [0.2, 0.25) is 0 Å². The van der Waals surface area contributed by atoms with E-state index in [9.17, 15) is 9.30 Å². The van der Waals surface area contributed by atoms with Crippen LogP contribution in [0.5, 0.6) is 0 Å². The van der Waals surface area contributed by atoms with Crippen molar-refractivity contribution in [2.45, 2.75) is 0 Å². The second-order valence-corrected chi connectivity index (χ2v) is 3.40. The van der Waals surface area contributed by atoms with Crippen LogP contribution in [0.25, 0.3) is 0 Å². The molecule has 0 saturated carbocycles. The van der Waals surface area contributed by atoms with E-state index in [4.69, 9.17) is 0 Å². The lowest BCUT2D eigenvalue weighted by molar-refractivity contribution is -0.378. The number of rotatable bonds is 4. The molecular weight excluding hydrogens is 221 g/mol. The Hall–Kier alpha value is -2.43. The molecule has 0 aliphatic heterocycles. The first-order valence-electron chi connectivity index (χ1n) is 5.04. The fraction of sp³-hybridized carbons (Fsp3) is 0. The predicted molar refractivity (Wildman–Crippen MR) is 64.1 cm³/mol. The van der Waals surface area contributed by atoms with Crippen LogP contribution in [0, 0.1) is 10.7 Å². The van der Waals surface area contributed by atoms with Crippen molar-refractivity contribution in [1.29, 1.82) is 0 Å². The Kier molecular flexibility index (Phi) is 3.30. The molecular formula is C12H11FN3O+. The summed E-state index contributed by atoms with van der Waals surface area (Å²) < 4.78 is 12.7. The summed E-state index contributed by atoms with van der Waals surface area (Å²) in [7, 11) is 0. The summed E-state index contributed by atoms with van der Waals surface area (Å²) in [6, 6.07) is 12.8. The molecule has 0 radical (unpaired) electrons. The summed E-state index contributed by atoms with van der Waals surface area (Å²) >= 11 is 0. The highest BCUT2D eigenvalue weighted by Gasteiger charge is 2.05. The van der Waals surface area contributed by atoms with Crippen molar-refractivity contribution < 1.29 is 9.57 Å². The van der Waals surface area contributed by atoms with Crippen molar-refractivity contribution >= 4 is 17.1 Å². The lowest BCUT2D eigenvalue weighted by atomic mass is 10.3. The van der Waals surface area contributed by atoms with Crippen molar-refractivity contribution in [3.63, 3.8) is 0 Å². The lowest BCUT2D eigenvalue weighted by Crippen LogP contribution is -2.56. The van der Waals surface area contributed by atoms with Crippen LogP contribution in [-0.4, -0.2) is 0 Å². The normalized spacial score (nSPS) is 9.71. The molecule has 5 heteroatoms. The van der Waals surface area contributed by atoms with E-state index in [2.05, 4.69) is 10.9 Å². The molecule has 0 fully saturated rings. The van der Waals surface area contributed by atoms with Crippen LogP contribution in [-0.2, 0) is 0 Å². The maximum Gasteiger partial charge on any atom is 0.278 e. The van der Waals surface area contributed by atoms with Crippen molar-refractivity contribution in [2.24, 2.45) is 0 Å². The number of benzene rings is 2. The molecule has 0 aliphatic carbocycles. The average molecular weight is 232 g/mol. The minimum Gasteiger partial charge on any atom is -0.301 e. The van der Waals surface area contributed by atoms with Gasteiger partial charge in [-0.3, -0.25) is 5.43 Å². The van der Waals surface area contributed by atoms with E-state index in [0.717, 1.165) is 0 Å². The van der Waals surface area contributed by atoms with Gasteiger partial charge in [-0.2, -0.15) is 0 Å². The van der Waals surface area contributed by atoms with Gasteiger partial charge in [0.15, 0.2) is 0 Å². The molecule has 0 aromatic heterocycles. The zero-order valence-electron chi connectivity index (χ0n) is 8.91. The Bertz CT molecular complexity index is 513. The molecule has 3 N–H and O–H groups in total. The van der Waals surface area contributed by atoms with Crippen molar-refractivity contribution in [3.05, 3.63) is 59.3 Å². The zero-order chi connectivity index (χ0) is 12.1. The zero-order valence-corrected chi connectivity index (χ0v) is 8.91. The SMILES string of the molecule is O=[NH+]c1ccccc1NNc1ccc(F)cc1. The van der Waals surface area contributed by atoms with Gasteiger partial charge in [0.25, 0.3) is 5.69 Å². The van der Waals surface area contributed by atoms with Crippen LogP contribution in [0.1, 0.15) is 0 Å². The Morgan fingerprint density at radius 2 is 1.65 bits per heavy atom. The molecule has 0 unspecified atom stereocenters. The van der Waals surface area contributed by atoms with Crippen molar-refractivity contribution in [3.8, 4) is 0 Å². The number of hydrogen-bond acceptors (Lipinski definition) is 3. The van der Waals surface area contributed by atoms with Gasteiger partial charge in [-0.15, -0.1) is 0 Å². The second-order valence-electron chi connectivity index (χ2n) is 3.40. The van der Waals surface area contributed by atoms with Gasteiger partial charge in [0, 0.05) is 16.2 Å². The Balaban J connectivity index is 2.07. The first kappa shape index (κ1) is 11.1. The summed E-state index contributed by atoms with van der Waals surface area (Å²) in [6.45, 7) is 0. The molecule has 86 valence electrons. The first-order chi connectivity index (χ1) is 8.29. The topological polar surface area (TPSA) is 55.1 Å². The van der Waals surface area contributed by atoms with Gasteiger partial charge in [-0.05, 0) is 30.3 Å². The molecule has 2 aromatic rings. The van der Waals surface area contributed by atoms with E-state index in [0.29, 0.717) is 17.1 Å². The molecule has 2 rings (SSSR count). The summed E-state index contributed by atoms with van der Waals surface area (Å²) in [5.74, 6) is -0.294. The van der Waals surface area contributed by atoms with Crippen LogP contribution in [0.15, 0.2) is 48.5 Å². The van der Waals surface area contributed by atoms with Crippen molar-refractivity contribution in [1.82, 2.24) is 0 Å². The molecule has 0 heterocycles. The number of hydrazine groups is 1. The van der Waals surface area contributed by atoms with Crippen molar-refractivity contribution in [2.75, 3.05) is 10.9 Å². The molecule has 0 saturated heterocycles. The lowest BCUT2D eigenvalue weighted by Gasteiger charge is -2.08. The van der Waals surface area contributed by atoms with E-state index in [1.165, 1.54) is 12.1 Å². The van der Waals surface area contributed by atoms with E-state index < -0.39 is 0 Å². The monoisotopic (exact) mass is 232 g/mol. The Morgan fingerprint density at radius 3 is 2.35 bits per heavy atom. The minimum atomic E-state index is -0.294. The van der Waals surface area contributed by atoms with E-state index >= 15 is 0 Å². The molecule has 0 aliphatic rings. The van der Waals surface area contributed by atoms with Gasteiger partial charge >= 0.3 is 0 Å². The van der Waals surface area contributed by atoms with Gasteiger partial charge in [0.1, 0.15) is 11.5 Å². The van der Waals surface area contributed by atoms with E-state index in [-0.39, 0.29) is 5.82 Å². The molecule has 0 amide bonds. The fourth-order valence-electron chi connectivity index (χ4n) is 1.35. The minimum absolute atomic E-state index is 0.294. The number of para-hydroxylation sites is 2. The number of nitrogens with one attached hydrogen (secondary N) is 3. The third kappa shape index (κ3) is 2.78. The van der Waals surface area contributed by atoms with Crippen LogP contribution in [0.4, 0.5) is 21.5 Å². The molecule has 0 spiro atoms. The van der Waals surface area contributed by atoms with Crippen LogP contribution >= 0.6 is 0 Å². The highest BCUT2D eigenvalue weighted by molar-refractivity contribution is 5.63. The molecule has 0 atom stereocenters. The quantitative estimate of drug-likeness (QED) is 0.704. The summed E-state index contributed by atoms with van der Waals surface area (Å²) in [5.41, 5.74) is 7.48. The first-order valence-corrected chi connectivity index (χ1v) is 5.04. The summed E-state index contributed by atoms with van der Waals surface area (Å²) in [6.07, 6.45) is 0. The molecule has 4 nitrogen and oxygen atoms in total. The number of anilines is 2. The van der Waals surface area contributed by atoms with Gasteiger partial charge in [0.2, 0.25) is 0 Å². The summed E-state index contributed by atoms with van der Waals surface area (Å²) in [5, 5.41) is 1.83. The largest absolute Gasteiger partial charge is 0.301 e. The number of hydrogen-bond donors (Lipinski definition) is 3. The van der Waals surface area contributed by atoms with Gasteiger partial charge in [-0.25, -0.2) is 4.39 Å². The number of halogens is 1. The van der Waals surface area contributed by atoms with Gasteiger partial charge < -0.3 is 5.43 Å². The maximum atomic E-state index is 12.7.